The second-order valence-electron chi connectivity index (χ2n) is 7.05. The molecule has 0 spiro atoms. The maximum atomic E-state index is 13.1. The van der Waals surface area contributed by atoms with Gasteiger partial charge in [0.15, 0.2) is 0 Å². The molecular formula is C21H26N2O3S2. The number of aryl methyl sites for hydroxylation is 1. The molecule has 0 saturated carbocycles. The van der Waals surface area contributed by atoms with Gasteiger partial charge in [-0.3, -0.25) is 4.79 Å². The Labute approximate surface area is 171 Å². The van der Waals surface area contributed by atoms with E-state index in [0.717, 1.165) is 30.4 Å². The van der Waals surface area contributed by atoms with Crippen molar-refractivity contribution in [3.8, 4) is 0 Å². The lowest BCUT2D eigenvalue weighted by Crippen LogP contribution is -2.45. The number of sulfonamides is 1. The molecule has 150 valence electrons. The lowest BCUT2D eigenvalue weighted by Gasteiger charge is -2.34. The van der Waals surface area contributed by atoms with Crippen molar-refractivity contribution in [1.29, 1.82) is 0 Å². The van der Waals surface area contributed by atoms with Crippen LogP contribution in [-0.4, -0.2) is 37.8 Å². The lowest BCUT2D eigenvalue weighted by atomic mass is 10.0. The second kappa shape index (κ2) is 9.49. The van der Waals surface area contributed by atoms with Gasteiger partial charge in [0, 0.05) is 25.2 Å². The average molecular weight is 419 g/mol. The molecule has 2 heterocycles. The summed E-state index contributed by atoms with van der Waals surface area (Å²) in [7, 11) is -3.51. The van der Waals surface area contributed by atoms with Crippen molar-refractivity contribution >= 4 is 33.3 Å². The van der Waals surface area contributed by atoms with E-state index in [1.807, 2.05) is 35.9 Å². The van der Waals surface area contributed by atoms with Crippen molar-refractivity contribution in [2.24, 2.45) is 0 Å². The van der Waals surface area contributed by atoms with Crippen LogP contribution in [0.25, 0.3) is 6.08 Å². The van der Waals surface area contributed by atoms with Crippen LogP contribution in [0.1, 0.15) is 36.8 Å². The molecule has 0 bridgehead atoms. The number of carbonyl (C=O) groups is 1. The Morgan fingerprint density at radius 2 is 2.04 bits per heavy atom. The molecule has 1 aromatic carbocycles. The molecule has 1 saturated heterocycles. The van der Waals surface area contributed by atoms with Crippen LogP contribution < -0.4 is 5.32 Å². The molecule has 7 heteroatoms. The molecule has 1 unspecified atom stereocenters. The zero-order valence-electron chi connectivity index (χ0n) is 16.0. The highest BCUT2D eigenvalue weighted by Gasteiger charge is 2.33. The number of piperidine rings is 1. The van der Waals surface area contributed by atoms with Crippen LogP contribution in [0.4, 0.5) is 0 Å². The minimum absolute atomic E-state index is 0.0822. The van der Waals surface area contributed by atoms with Gasteiger partial charge in [-0.15, -0.1) is 0 Å². The molecule has 28 heavy (non-hydrogen) atoms. The summed E-state index contributed by atoms with van der Waals surface area (Å²) in [6, 6.07) is 8.86. The van der Waals surface area contributed by atoms with Gasteiger partial charge >= 0.3 is 0 Å². The normalized spacial score (nSPS) is 18.4. The van der Waals surface area contributed by atoms with Crippen molar-refractivity contribution in [2.45, 2.75) is 43.5 Å². The molecule has 1 fully saturated rings. The first-order valence-electron chi connectivity index (χ1n) is 9.53. The van der Waals surface area contributed by atoms with E-state index in [-0.39, 0.29) is 11.9 Å². The minimum Gasteiger partial charge on any atom is -0.352 e. The van der Waals surface area contributed by atoms with E-state index in [9.17, 15) is 13.2 Å². The monoisotopic (exact) mass is 418 g/mol. The molecule has 1 aliphatic heterocycles. The summed E-state index contributed by atoms with van der Waals surface area (Å²) in [5, 5.41) is 6.80. The minimum atomic E-state index is -3.51. The fourth-order valence-corrected chi connectivity index (χ4v) is 5.74. The smallest absolute Gasteiger partial charge is 0.244 e. The van der Waals surface area contributed by atoms with Gasteiger partial charge in [-0.1, -0.05) is 24.1 Å². The van der Waals surface area contributed by atoms with E-state index < -0.39 is 10.0 Å². The average Bonchev–Trinajstić information content (AvgIpc) is 3.21. The molecule has 3 rings (SSSR count). The van der Waals surface area contributed by atoms with Crippen molar-refractivity contribution in [2.75, 3.05) is 13.1 Å². The van der Waals surface area contributed by atoms with Crippen molar-refractivity contribution in [3.63, 3.8) is 0 Å². The molecule has 1 atom stereocenters. The number of thiophene rings is 1. The number of rotatable bonds is 7. The first kappa shape index (κ1) is 20.8. The van der Waals surface area contributed by atoms with E-state index in [1.54, 1.807) is 33.9 Å². The Morgan fingerprint density at radius 1 is 1.25 bits per heavy atom. The number of hydrogen-bond donors (Lipinski definition) is 1. The summed E-state index contributed by atoms with van der Waals surface area (Å²) in [5.41, 5.74) is 2.04. The summed E-state index contributed by atoms with van der Waals surface area (Å²) >= 11 is 1.58. The predicted octanol–water partition coefficient (Wildman–Crippen LogP) is 3.82. The SMILES string of the molecule is Cc1ccc(S(=O)(=O)N2CCCCC2CCNC(=O)/C=C/c2ccsc2)cc1. The highest BCUT2D eigenvalue weighted by molar-refractivity contribution is 7.89. The third-order valence-corrected chi connectivity index (χ3v) is 7.62. The predicted molar refractivity (Wildman–Crippen MR) is 114 cm³/mol. The van der Waals surface area contributed by atoms with Gasteiger partial charge in [-0.25, -0.2) is 8.42 Å². The van der Waals surface area contributed by atoms with Gasteiger partial charge in [0.1, 0.15) is 0 Å². The largest absolute Gasteiger partial charge is 0.352 e. The number of benzene rings is 1. The van der Waals surface area contributed by atoms with Crippen LogP contribution in [0.5, 0.6) is 0 Å². The number of carbonyl (C=O) groups excluding carboxylic acids is 1. The van der Waals surface area contributed by atoms with Gasteiger partial charge in [0.25, 0.3) is 0 Å². The molecule has 0 aliphatic carbocycles. The fraction of sp³-hybridized carbons (Fsp3) is 0.381. The Hall–Kier alpha value is -1.96. The fourth-order valence-electron chi connectivity index (χ4n) is 3.39. The van der Waals surface area contributed by atoms with Crippen molar-refractivity contribution in [1.82, 2.24) is 9.62 Å². The molecule has 5 nitrogen and oxygen atoms in total. The quantitative estimate of drug-likeness (QED) is 0.695. The molecule has 0 radical (unpaired) electrons. The summed E-state index contributed by atoms with van der Waals surface area (Å²) in [6.45, 7) is 2.93. The van der Waals surface area contributed by atoms with E-state index in [4.69, 9.17) is 0 Å². The van der Waals surface area contributed by atoms with Gasteiger partial charge in [-0.2, -0.15) is 15.6 Å². The van der Waals surface area contributed by atoms with Crippen molar-refractivity contribution < 1.29 is 13.2 Å². The van der Waals surface area contributed by atoms with E-state index in [1.165, 1.54) is 6.08 Å². The number of hydrogen-bond acceptors (Lipinski definition) is 4. The summed E-state index contributed by atoms with van der Waals surface area (Å²) in [4.78, 5) is 12.3. The second-order valence-corrected chi connectivity index (χ2v) is 9.72. The summed E-state index contributed by atoms with van der Waals surface area (Å²) in [5.74, 6) is -0.157. The van der Waals surface area contributed by atoms with Crippen LogP contribution in [0.3, 0.4) is 0 Å². The lowest BCUT2D eigenvalue weighted by molar-refractivity contribution is -0.116. The van der Waals surface area contributed by atoms with E-state index in [2.05, 4.69) is 5.32 Å². The maximum Gasteiger partial charge on any atom is 0.244 e. The van der Waals surface area contributed by atoms with E-state index in [0.29, 0.717) is 24.4 Å². The zero-order chi connectivity index (χ0) is 20.0. The molecule has 1 N–H and O–H groups in total. The number of amides is 1. The Morgan fingerprint density at radius 3 is 2.75 bits per heavy atom. The molecule has 1 aromatic heterocycles. The third-order valence-electron chi connectivity index (χ3n) is 4.95. The molecule has 1 amide bonds. The van der Waals surface area contributed by atoms with Gasteiger partial charge in [-0.05, 0) is 66.8 Å². The first-order valence-corrected chi connectivity index (χ1v) is 11.9. The molecule has 1 aliphatic rings. The Bertz CT molecular complexity index is 904. The Kier molecular flexibility index (Phi) is 7.04. The maximum absolute atomic E-state index is 13.1. The van der Waals surface area contributed by atoms with Crippen molar-refractivity contribution in [3.05, 3.63) is 58.3 Å². The standard InChI is InChI=1S/C21H26N2O3S2/c1-17-5-8-20(9-6-17)28(25,26)23-14-3-2-4-19(23)11-13-22-21(24)10-7-18-12-15-27-16-18/h5-10,12,15-16,19H,2-4,11,13-14H2,1H3,(H,22,24)/b10-7+. The molecule has 2 aromatic rings. The van der Waals surface area contributed by atoms with Crippen LogP contribution in [0.2, 0.25) is 0 Å². The van der Waals surface area contributed by atoms with Gasteiger partial charge in [0.05, 0.1) is 4.90 Å². The van der Waals surface area contributed by atoms with Crippen LogP contribution in [-0.2, 0) is 14.8 Å². The number of nitrogens with one attached hydrogen (secondary N) is 1. The van der Waals surface area contributed by atoms with Gasteiger partial charge in [0.2, 0.25) is 15.9 Å². The third kappa shape index (κ3) is 5.31. The van der Waals surface area contributed by atoms with Crippen LogP contribution in [0, 0.1) is 6.92 Å². The highest BCUT2D eigenvalue weighted by Crippen LogP contribution is 2.27. The van der Waals surface area contributed by atoms with Crippen LogP contribution in [0.15, 0.2) is 52.1 Å². The summed E-state index contributed by atoms with van der Waals surface area (Å²) in [6.07, 6.45) is 6.62. The topological polar surface area (TPSA) is 66.5 Å². The van der Waals surface area contributed by atoms with Crippen LogP contribution >= 0.6 is 11.3 Å². The van der Waals surface area contributed by atoms with E-state index >= 15 is 0 Å². The van der Waals surface area contributed by atoms with Gasteiger partial charge < -0.3 is 5.32 Å². The first-order chi connectivity index (χ1) is 13.5. The zero-order valence-corrected chi connectivity index (χ0v) is 17.6. The number of nitrogens with zero attached hydrogens (tertiary/aromatic N) is 1. The highest BCUT2D eigenvalue weighted by atomic mass is 32.2. The molecular weight excluding hydrogens is 392 g/mol. The Balaban J connectivity index is 1.58. The summed E-state index contributed by atoms with van der Waals surface area (Å²) < 4.78 is 27.8.